The predicted molar refractivity (Wildman–Crippen MR) is 103 cm³/mol. The zero-order valence-corrected chi connectivity index (χ0v) is 15.5. The highest BCUT2D eigenvalue weighted by Crippen LogP contribution is 2.34. The quantitative estimate of drug-likeness (QED) is 0.798. The van der Waals surface area contributed by atoms with Gasteiger partial charge >= 0.3 is 0 Å². The summed E-state index contributed by atoms with van der Waals surface area (Å²) in [6.45, 7) is 4.25. The molecule has 132 valence electrons. The van der Waals surface area contributed by atoms with E-state index in [1.54, 1.807) is 11.8 Å². The van der Waals surface area contributed by atoms with E-state index in [1.165, 1.54) is 11.1 Å². The summed E-state index contributed by atoms with van der Waals surface area (Å²) in [7, 11) is 0. The van der Waals surface area contributed by atoms with Crippen molar-refractivity contribution in [3.05, 3.63) is 65.7 Å². The molecule has 0 aliphatic carbocycles. The number of amides is 1. The molecule has 0 saturated carbocycles. The van der Waals surface area contributed by atoms with Crippen molar-refractivity contribution in [2.24, 2.45) is 0 Å². The first-order chi connectivity index (χ1) is 12.2. The Hall–Kier alpha value is -1.78. The molecule has 1 saturated heterocycles. The average molecular weight is 356 g/mol. The number of thioether (sulfide) groups is 1. The fourth-order valence-corrected chi connectivity index (χ4v) is 3.95. The van der Waals surface area contributed by atoms with E-state index in [1.807, 2.05) is 6.07 Å². The minimum Gasteiger partial charge on any atom is -0.381 e. The monoisotopic (exact) mass is 355 g/mol. The molecule has 1 aliphatic rings. The molecule has 1 aliphatic heterocycles. The lowest BCUT2D eigenvalue weighted by Gasteiger charge is -2.38. The molecule has 25 heavy (non-hydrogen) atoms. The molecule has 2 aromatic carbocycles. The van der Waals surface area contributed by atoms with Crippen LogP contribution in [0, 0.1) is 6.92 Å². The van der Waals surface area contributed by atoms with Crippen LogP contribution in [0.15, 0.2) is 59.5 Å². The number of ether oxygens (including phenoxy) is 1. The lowest BCUT2D eigenvalue weighted by atomic mass is 9.74. The maximum absolute atomic E-state index is 12.3. The van der Waals surface area contributed by atoms with Gasteiger partial charge in [-0.2, -0.15) is 0 Å². The van der Waals surface area contributed by atoms with Gasteiger partial charge in [0.15, 0.2) is 0 Å². The van der Waals surface area contributed by atoms with Gasteiger partial charge in [-0.25, -0.2) is 0 Å². The third-order valence-electron chi connectivity index (χ3n) is 4.85. The summed E-state index contributed by atoms with van der Waals surface area (Å²) < 4.78 is 5.55. The standard InChI is InChI=1S/C21H25NO2S/c1-17-7-9-19(10-8-17)25-15-20(23)22-16-21(11-13-24-14-12-21)18-5-3-2-4-6-18/h2-10H,11-16H2,1H3,(H,22,23). The van der Waals surface area contributed by atoms with Crippen molar-refractivity contribution in [2.75, 3.05) is 25.5 Å². The molecule has 1 amide bonds. The van der Waals surface area contributed by atoms with Crippen LogP contribution in [-0.2, 0) is 14.9 Å². The van der Waals surface area contributed by atoms with Crippen molar-refractivity contribution in [3.8, 4) is 0 Å². The van der Waals surface area contributed by atoms with Gasteiger partial charge in [0.1, 0.15) is 0 Å². The van der Waals surface area contributed by atoms with Crippen LogP contribution >= 0.6 is 11.8 Å². The molecule has 0 spiro atoms. The maximum Gasteiger partial charge on any atom is 0.230 e. The Kier molecular flexibility index (Phi) is 6.16. The van der Waals surface area contributed by atoms with Crippen LogP contribution in [0.5, 0.6) is 0 Å². The molecular formula is C21H25NO2S. The topological polar surface area (TPSA) is 38.3 Å². The van der Waals surface area contributed by atoms with E-state index in [0.29, 0.717) is 12.3 Å². The Morgan fingerprint density at radius 1 is 1.08 bits per heavy atom. The van der Waals surface area contributed by atoms with E-state index in [4.69, 9.17) is 4.74 Å². The third kappa shape index (κ3) is 4.86. The van der Waals surface area contributed by atoms with Crippen LogP contribution in [0.25, 0.3) is 0 Å². The van der Waals surface area contributed by atoms with Crippen LogP contribution in [0.1, 0.15) is 24.0 Å². The lowest BCUT2D eigenvalue weighted by molar-refractivity contribution is -0.119. The fourth-order valence-electron chi connectivity index (χ4n) is 3.22. The van der Waals surface area contributed by atoms with E-state index in [0.717, 1.165) is 31.0 Å². The SMILES string of the molecule is Cc1ccc(SCC(=O)NCC2(c3ccccc3)CCOCC2)cc1. The Morgan fingerprint density at radius 3 is 2.44 bits per heavy atom. The zero-order chi connectivity index (χ0) is 17.5. The minimum absolute atomic E-state index is 0.0102. The molecule has 3 nitrogen and oxygen atoms in total. The average Bonchev–Trinajstić information content (AvgIpc) is 2.67. The van der Waals surface area contributed by atoms with Gasteiger partial charge in [-0.05, 0) is 37.5 Å². The van der Waals surface area contributed by atoms with Gasteiger partial charge in [0.2, 0.25) is 5.91 Å². The molecule has 1 N–H and O–H groups in total. The van der Waals surface area contributed by atoms with Gasteiger partial charge in [-0.15, -0.1) is 11.8 Å². The van der Waals surface area contributed by atoms with Crippen molar-refractivity contribution in [1.29, 1.82) is 0 Å². The van der Waals surface area contributed by atoms with Crippen LogP contribution < -0.4 is 5.32 Å². The number of hydrogen-bond acceptors (Lipinski definition) is 3. The van der Waals surface area contributed by atoms with Gasteiger partial charge in [0.25, 0.3) is 0 Å². The highest BCUT2D eigenvalue weighted by Gasteiger charge is 2.34. The second kappa shape index (κ2) is 8.54. The second-order valence-corrected chi connectivity index (χ2v) is 7.69. The summed E-state index contributed by atoms with van der Waals surface area (Å²) in [4.78, 5) is 13.5. The zero-order valence-electron chi connectivity index (χ0n) is 14.7. The molecule has 2 aromatic rings. The van der Waals surface area contributed by atoms with Gasteiger partial charge in [0.05, 0.1) is 5.75 Å². The van der Waals surface area contributed by atoms with Gasteiger partial charge in [0, 0.05) is 30.1 Å². The summed E-state index contributed by atoms with van der Waals surface area (Å²) in [5.41, 5.74) is 2.52. The van der Waals surface area contributed by atoms with Gasteiger partial charge in [-0.3, -0.25) is 4.79 Å². The second-order valence-electron chi connectivity index (χ2n) is 6.64. The Bertz CT molecular complexity index is 679. The fraction of sp³-hybridized carbons (Fsp3) is 0.381. The summed E-state index contributed by atoms with van der Waals surface area (Å²) >= 11 is 1.58. The number of rotatable bonds is 6. The Labute approximate surface area is 154 Å². The first-order valence-corrected chi connectivity index (χ1v) is 9.76. The summed E-state index contributed by atoms with van der Waals surface area (Å²) in [5, 5.41) is 3.16. The predicted octanol–water partition coefficient (Wildman–Crippen LogP) is 3.95. The summed E-state index contributed by atoms with van der Waals surface area (Å²) in [6.07, 6.45) is 1.89. The van der Waals surface area contributed by atoms with Gasteiger partial charge < -0.3 is 10.1 Å². The van der Waals surface area contributed by atoms with Crippen LogP contribution in [-0.4, -0.2) is 31.4 Å². The van der Waals surface area contributed by atoms with E-state index in [2.05, 4.69) is 60.8 Å². The van der Waals surface area contributed by atoms with Crippen LogP contribution in [0.4, 0.5) is 0 Å². The van der Waals surface area contributed by atoms with Crippen molar-refractivity contribution in [3.63, 3.8) is 0 Å². The number of benzene rings is 2. The third-order valence-corrected chi connectivity index (χ3v) is 5.86. The highest BCUT2D eigenvalue weighted by atomic mass is 32.2. The molecule has 0 radical (unpaired) electrons. The highest BCUT2D eigenvalue weighted by molar-refractivity contribution is 8.00. The van der Waals surface area contributed by atoms with Crippen molar-refractivity contribution in [1.82, 2.24) is 5.32 Å². The molecule has 1 fully saturated rings. The molecule has 0 atom stereocenters. The van der Waals surface area contributed by atoms with Crippen molar-refractivity contribution < 1.29 is 9.53 Å². The number of carbonyl (C=O) groups excluding carboxylic acids is 1. The lowest BCUT2D eigenvalue weighted by Crippen LogP contribution is -2.45. The molecular weight excluding hydrogens is 330 g/mol. The maximum atomic E-state index is 12.3. The molecule has 0 aromatic heterocycles. The molecule has 0 bridgehead atoms. The summed E-state index contributed by atoms with van der Waals surface area (Å²) in [6, 6.07) is 18.8. The normalized spacial score (nSPS) is 16.4. The van der Waals surface area contributed by atoms with Gasteiger partial charge in [-0.1, -0.05) is 48.0 Å². The number of aryl methyl sites for hydroxylation is 1. The van der Waals surface area contributed by atoms with Crippen molar-refractivity contribution in [2.45, 2.75) is 30.1 Å². The summed E-state index contributed by atoms with van der Waals surface area (Å²) in [5.74, 6) is 0.539. The Balaban J connectivity index is 1.57. The molecule has 3 rings (SSSR count). The van der Waals surface area contributed by atoms with E-state index < -0.39 is 0 Å². The number of carbonyl (C=O) groups is 1. The first-order valence-electron chi connectivity index (χ1n) is 8.77. The van der Waals surface area contributed by atoms with Crippen molar-refractivity contribution >= 4 is 17.7 Å². The smallest absolute Gasteiger partial charge is 0.230 e. The minimum atomic E-state index is -0.0102. The Morgan fingerprint density at radius 2 is 1.76 bits per heavy atom. The largest absolute Gasteiger partial charge is 0.381 e. The van der Waals surface area contributed by atoms with Crippen LogP contribution in [0.3, 0.4) is 0 Å². The first kappa shape index (κ1) is 18.0. The number of hydrogen-bond donors (Lipinski definition) is 1. The molecule has 0 unspecified atom stereocenters. The van der Waals surface area contributed by atoms with E-state index in [9.17, 15) is 4.79 Å². The van der Waals surface area contributed by atoms with Crippen LogP contribution in [0.2, 0.25) is 0 Å². The van der Waals surface area contributed by atoms with E-state index in [-0.39, 0.29) is 11.3 Å². The molecule has 4 heteroatoms. The number of nitrogens with one attached hydrogen (secondary N) is 1. The molecule has 1 heterocycles. The van der Waals surface area contributed by atoms with E-state index >= 15 is 0 Å².